The molecule has 5 rings (SSSR count). The van der Waals surface area contributed by atoms with Crippen molar-refractivity contribution in [2.75, 3.05) is 0 Å². The Morgan fingerprint density at radius 1 is 1.15 bits per heavy atom. The van der Waals surface area contributed by atoms with Gasteiger partial charge in [0.15, 0.2) is 0 Å². The fraction of sp³-hybridized carbons (Fsp3) is 0.423. The number of rotatable bonds is 5. The van der Waals surface area contributed by atoms with Gasteiger partial charge in [-0.15, -0.1) is 0 Å². The number of hydrogen-bond acceptors (Lipinski definition) is 4. The van der Waals surface area contributed by atoms with Crippen molar-refractivity contribution in [2.24, 2.45) is 5.92 Å². The Morgan fingerprint density at radius 3 is 2.70 bits per heavy atom. The molecular weight excluding hydrogens is 416 g/mol. The summed E-state index contributed by atoms with van der Waals surface area (Å²) in [5, 5.41) is 3.30. The lowest BCUT2D eigenvalue weighted by Crippen LogP contribution is -2.65. The zero-order chi connectivity index (χ0) is 23.0. The fourth-order valence-electron chi connectivity index (χ4n) is 5.17. The summed E-state index contributed by atoms with van der Waals surface area (Å²) in [5.41, 5.74) is 1.03. The van der Waals surface area contributed by atoms with Crippen LogP contribution in [0.4, 0.5) is 0 Å². The largest absolute Gasteiger partial charge is 0.463 e. The van der Waals surface area contributed by atoms with Gasteiger partial charge in [0.2, 0.25) is 5.91 Å². The topological polar surface area (TPSA) is 80.4 Å². The molecule has 1 aliphatic carbocycles. The average molecular weight is 447 g/mol. The first-order chi connectivity index (χ1) is 16.0. The molecule has 7 heteroatoms. The van der Waals surface area contributed by atoms with Crippen molar-refractivity contribution < 1.29 is 14.0 Å². The Morgan fingerprint density at radius 2 is 1.97 bits per heavy atom. The maximum atomic E-state index is 13.8. The van der Waals surface area contributed by atoms with Gasteiger partial charge in [0.05, 0.1) is 30.7 Å². The van der Waals surface area contributed by atoms with Crippen molar-refractivity contribution in [3.8, 4) is 11.5 Å². The molecule has 1 N–H and O–H groups in total. The number of pyridine rings is 1. The summed E-state index contributed by atoms with van der Waals surface area (Å²) in [7, 11) is 0. The van der Waals surface area contributed by atoms with Crippen molar-refractivity contribution in [3.63, 3.8) is 0 Å². The molecular formula is C26H30N4O3. The molecule has 7 nitrogen and oxygen atoms in total. The number of hydrogen-bond donors (Lipinski definition) is 1. The van der Waals surface area contributed by atoms with Crippen LogP contribution in [-0.4, -0.2) is 37.8 Å². The van der Waals surface area contributed by atoms with E-state index in [1.807, 2.05) is 54.0 Å². The van der Waals surface area contributed by atoms with E-state index in [0.29, 0.717) is 23.9 Å². The van der Waals surface area contributed by atoms with Crippen molar-refractivity contribution in [1.82, 2.24) is 19.8 Å². The summed E-state index contributed by atoms with van der Waals surface area (Å²) < 4.78 is 7.53. The van der Waals surface area contributed by atoms with Crippen LogP contribution in [0.15, 0.2) is 59.3 Å². The number of nitrogens with one attached hydrogen (secondary N) is 1. The highest BCUT2D eigenvalue weighted by atomic mass is 16.3. The van der Waals surface area contributed by atoms with Crippen molar-refractivity contribution >= 4 is 11.8 Å². The molecule has 1 fully saturated rings. The maximum Gasteiger partial charge on any atom is 0.271 e. The Kier molecular flexibility index (Phi) is 5.56. The number of carbonyl (C=O) groups is 2. The van der Waals surface area contributed by atoms with Gasteiger partial charge in [0, 0.05) is 12.2 Å². The van der Waals surface area contributed by atoms with Gasteiger partial charge in [-0.05, 0) is 62.1 Å². The molecule has 0 spiro atoms. The van der Waals surface area contributed by atoms with E-state index in [4.69, 9.17) is 4.42 Å². The molecule has 0 bridgehead atoms. The molecule has 2 aliphatic rings. The predicted molar refractivity (Wildman–Crippen MR) is 124 cm³/mol. The number of carbonyl (C=O) groups excluding carboxylic acids is 2. The van der Waals surface area contributed by atoms with Crippen LogP contribution in [0.1, 0.15) is 55.7 Å². The monoisotopic (exact) mass is 446 g/mol. The van der Waals surface area contributed by atoms with Gasteiger partial charge in [-0.25, -0.2) is 0 Å². The Bertz CT molecular complexity index is 1140. The number of furan rings is 1. The number of amides is 2. The van der Waals surface area contributed by atoms with Gasteiger partial charge < -0.3 is 19.2 Å². The highest BCUT2D eigenvalue weighted by Gasteiger charge is 2.48. The zero-order valence-electron chi connectivity index (χ0n) is 19.2. The van der Waals surface area contributed by atoms with Crippen LogP contribution in [0.2, 0.25) is 0 Å². The minimum atomic E-state index is -1.07. The third kappa shape index (κ3) is 3.86. The Hall–Kier alpha value is -3.35. The number of fused-ring (bicyclic) bond motifs is 1. The Balaban J connectivity index is 1.53. The summed E-state index contributed by atoms with van der Waals surface area (Å²) in [6.07, 6.45) is 7.74. The first kappa shape index (κ1) is 21.5. The third-order valence-electron chi connectivity index (χ3n) is 7.24. The van der Waals surface area contributed by atoms with Gasteiger partial charge >= 0.3 is 0 Å². The molecule has 0 saturated heterocycles. The van der Waals surface area contributed by atoms with E-state index in [1.165, 1.54) is 6.42 Å². The first-order valence-corrected chi connectivity index (χ1v) is 11.7. The summed E-state index contributed by atoms with van der Waals surface area (Å²) in [5.74, 6) is 0.806. The van der Waals surface area contributed by atoms with Crippen LogP contribution in [0.25, 0.3) is 11.5 Å². The molecule has 3 aromatic heterocycles. The maximum absolute atomic E-state index is 13.8. The minimum Gasteiger partial charge on any atom is -0.463 e. The summed E-state index contributed by atoms with van der Waals surface area (Å²) in [6, 6.07) is 13.2. The normalized spacial score (nSPS) is 25.0. The van der Waals surface area contributed by atoms with E-state index < -0.39 is 5.54 Å². The highest BCUT2D eigenvalue weighted by Crippen LogP contribution is 2.35. The van der Waals surface area contributed by atoms with Crippen molar-refractivity contribution in [2.45, 2.75) is 64.2 Å². The quantitative estimate of drug-likeness (QED) is 0.635. The molecule has 1 saturated carbocycles. The fourth-order valence-corrected chi connectivity index (χ4v) is 5.17. The first-order valence-electron chi connectivity index (χ1n) is 11.7. The molecule has 3 aromatic rings. The highest BCUT2D eigenvalue weighted by molar-refractivity contribution is 6.00. The molecule has 0 unspecified atom stereocenters. The molecule has 0 radical (unpaired) electrons. The van der Waals surface area contributed by atoms with Crippen LogP contribution < -0.4 is 5.32 Å². The van der Waals surface area contributed by atoms with Crippen molar-refractivity contribution in [3.05, 3.63) is 66.3 Å². The van der Waals surface area contributed by atoms with Gasteiger partial charge in [-0.1, -0.05) is 25.8 Å². The lowest BCUT2D eigenvalue weighted by atomic mass is 9.85. The van der Waals surface area contributed by atoms with Crippen LogP contribution >= 0.6 is 0 Å². The predicted octanol–water partition coefficient (Wildman–Crippen LogP) is 4.25. The summed E-state index contributed by atoms with van der Waals surface area (Å²) >= 11 is 0. The van der Waals surface area contributed by atoms with Crippen LogP contribution in [0, 0.1) is 5.92 Å². The van der Waals surface area contributed by atoms with Crippen LogP contribution in [0.5, 0.6) is 0 Å². The second kappa shape index (κ2) is 8.54. The van der Waals surface area contributed by atoms with Gasteiger partial charge in [0.25, 0.3) is 5.91 Å². The minimum absolute atomic E-state index is 0.115. The molecule has 0 aromatic carbocycles. The van der Waals surface area contributed by atoms with E-state index in [0.717, 1.165) is 30.7 Å². The second-order valence-corrected chi connectivity index (χ2v) is 9.50. The molecule has 4 heterocycles. The number of aromatic nitrogens is 2. The van der Waals surface area contributed by atoms with Crippen molar-refractivity contribution in [1.29, 1.82) is 0 Å². The molecule has 1 aliphatic heterocycles. The summed E-state index contributed by atoms with van der Waals surface area (Å²) in [6.45, 7) is 4.68. The SMILES string of the molecule is C[C@@H]1CCCC[C@H]1NC(=O)[C@]1(C)Cn2c(ccc2-c2ccco2)C(=O)N1Cc1ccccn1. The second-order valence-electron chi connectivity index (χ2n) is 9.50. The number of nitrogens with zero attached hydrogens (tertiary/aromatic N) is 3. The molecule has 3 atom stereocenters. The van der Waals surface area contributed by atoms with Gasteiger partial charge in [0.1, 0.15) is 17.0 Å². The lowest BCUT2D eigenvalue weighted by molar-refractivity contribution is -0.134. The summed E-state index contributed by atoms with van der Waals surface area (Å²) in [4.78, 5) is 33.7. The van der Waals surface area contributed by atoms with Crippen LogP contribution in [-0.2, 0) is 17.9 Å². The van der Waals surface area contributed by atoms with Gasteiger partial charge in [-0.2, -0.15) is 0 Å². The Labute approximate surface area is 193 Å². The zero-order valence-corrected chi connectivity index (χ0v) is 19.2. The van der Waals surface area contributed by atoms with Gasteiger partial charge in [-0.3, -0.25) is 14.6 Å². The standard InChI is InChI=1S/C26H30N4O3/c1-18-8-3-4-10-20(18)28-25(32)26(2)17-29-21(23-11-7-15-33-23)12-13-22(29)24(31)30(26)16-19-9-5-6-14-27-19/h5-7,9,11-15,18,20H,3-4,8,10,16-17H2,1-2H3,(H,28,32)/t18-,20-,26+/m1/s1. The molecule has 33 heavy (non-hydrogen) atoms. The lowest BCUT2D eigenvalue weighted by Gasteiger charge is -2.45. The van der Waals surface area contributed by atoms with E-state index in [-0.39, 0.29) is 24.4 Å². The molecule has 172 valence electrons. The molecule has 2 amide bonds. The third-order valence-corrected chi connectivity index (χ3v) is 7.24. The average Bonchev–Trinajstić information content (AvgIpc) is 3.49. The van der Waals surface area contributed by atoms with E-state index >= 15 is 0 Å². The van der Waals surface area contributed by atoms with E-state index in [1.54, 1.807) is 17.4 Å². The van der Waals surface area contributed by atoms with E-state index in [9.17, 15) is 9.59 Å². The van der Waals surface area contributed by atoms with E-state index in [2.05, 4.69) is 17.2 Å². The van der Waals surface area contributed by atoms with Crippen LogP contribution in [0.3, 0.4) is 0 Å². The smallest absolute Gasteiger partial charge is 0.271 e.